The lowest BCUT2D eigenvalue weighted by molar-refractivity contribution is 0.0183. The van der Waals surface area contributed by atoms with Crippen molar-refractivity contribution in [2.75, 3.05) is 11.6 Å². The standard InChI is InChI=1S/C29H37N5O5S/c1-7-28(5,30)22-15-32-26(38-16(2)12-17(3)40(6,36)37)21-14-31-24(13-20(21)22)33-23-9-8-19-25(34-23)29(10-11-29)18(4)39-27(19)35/h8-9,13-18H,7,10-12,30H2,1-6H3,(H,31,33,34)/t16-,17-,18-,28?/m1/s1. The Bertz CT molecular complexity index is 1590. The van der Waals surface area contributed by atoms with E-state index in [-0.39, 0.29) is 23.6 Å². The predicted octanol–water partition coefficient (Wildman–Crippen LogP) is 4.53. The molecule has 4 atom stereocenters. The minimum absolute atomic E-state index is 0.207. The molecule has 40 heavy (non-hydrogen) atoms. The zero-order chi connectivity index (χ0) is 29.0. The van der Waals surface area contributed by atoms with Crippen molar-refractivity contribution in [3.63, 3.8) is 0 Å². The molecule has 0 saturated heterocycles. The van der Waals surface area contributed by atoms with E-state index in [4.69, 9.17) is 20.2 Å². The van der Waals surface area contributed by atoms with Crippen LogP contribution in [0.25, 0.3) is 10.8 Å². The number of sulfone groups is 1. The van der Waals surface area contributed by atoms with E-state index in [2.05, 4.69) is 15.3 Å². The molecule has 3 N–H and O–H groups in total. The fourth-order valence-corrected chi connectivity index (χ4v) is 5.93. The number of pyridine rings is 3. The van der Waals surface area contributed by atoms with Gasteiger partial charge in [0.15, 0.2) is 0 Å². The van der Waals surface area contributed by atoms with Crippen molar-refractivity contribution in [3.8, 4) is 5.88 Å². The number of rotatable bonds is 9. The molecule has 1 saturated carbocycles. The molecule has 10 nitrogen and oxygen atoms in total. The van der Waals surface area contributed by atoms with Crippen LogP contribution in [0.4, 0.5) is 11.6 Å². The molecule has 1 spiro atoms. The van der Waals surface area contributed by atoms with Crippen LogP contribution in [0.15, 0.2) is 30.6 Å². The minimum Gasteiger partial charge on any atom is -0.474 e. The molecule has 1 aliphatic carbocycles. The second-order valence-electron chi connectivity index (χ2n) is 11.6. The molecule has 0 radical (unpaired) electrons. The van der Waals surface area contributed by atoms with E-state index in [1.54, 1.807) is 31.5 Å². The number of esters is 1. The Morgan fingerprint density at radius 1 is 1.20 bits per heavy atom. The Balaban J connectivity index is 1.50. The van der Waals surface area contributed by atoms with Gasteiger partial charge in [-0.1, -0.05) is 6.92 Å². The fraction of sp³-hybridized carbons (Fsp3) is 0.517. The third-order valence-electron chi connectivity index (χ3n) is 8.49. The molecule has 3 aromatic rings. The second kappa shape index (κ2) is 9.95. The molecule has 2 aliphatic rings. The van der Waals surface area contributed by atoms with Crippen LogP contribution in [-0.2, 0) is 25.5 Å². The number of hydrogen-bond acceptors (Lipinski definition) is 10. The molecule has 11 heteroatoms. The van der Waals surface area contributed by atoms with Crippen LogP contribution in [0.5, 0.6) is 5.88 Å². The van der Waals surface area contributed by atoms with Crippen LogP contribution < -0.4 is 15.8 Å². The number of nitrogens with zero attached hydrogens (tertiary/aromatic N) is 3. The first-order chi connectivity index (χ1) is 18.7. The topological polar surface area (TPSA) is 146 Å². The molecule has 0 amide bonds. The molecule has 214 valence electrons. The zero-order valence-corrected chi connectivity index (χ0v) is 24.6. The van der Waals surface area contributed by atoms with Gasteiger partial charge in [-0.05, 0) is 76.1 Å². The van der Waals surface area contributed by atoms with Gasteiger partial charge in [0.2, 0.25) is 5.88 Å². The molecule has 0 aromatic carbocycles. The van der Waals surface area contributed by atoms with Crippen LogP contribution in [0.2, 0.25) is 0 Å². The highest BCUT2D eigenvalue weighted by Crippen LogP contribution is 2.54. The van der Waals surface area contributed by atoms with Gasteiger partial charge < -0.3 is 20.5 Å². The molecule has 5 rings (SSSR count). The summed E-state index contributed by atoms with van der Waals surface area (Å²) in [6.07, 6.45) is 6.92. The Labute approximate surface area is 235 Å². The van der Waals surface area contributed by atoms with Gasteiger partial charge in [-0.3, -0.25) is 0 Å². The van der Waals surface area contributed by atoms with Gasteiger partial charge >= 0.3 is 5.97 Å². The van der Waals surface area contributed by atoms with Gasteiger partial charge in [0.05, 0.1) is 33.4 Å². The van der Waals surface area contributed by atoms with Crippen molar-refractivity contribution in [3.05, 3.63) is 47.4 Å². The number of nitrogens with two attached hydrogens (primary N) is 1. The largest absolute Gasteiger partial charge is 0.474 e. The summed E-state index contributed by atoms with van der Waals surface area (Å²) < 4.78 is 35.5. The number of fused-ring (bicyclic) bond motifs is 3. The van der Waals surface area contributed by atoms with Crippen molar-refractivity contribution in [1.29, 1.82) is 0 Å². The Kier molecular flexibility index (Phi) is 7.02. The Hall–Kier alpha value is -3.31. The minimum atomic E-state index is -3.18. The molecular weight excluding hydrogens is 530 g/mol. The molecule has 1 fully saturated rings. The summed E-state index contributed by atoms with van der Waals surface area (Å²) in [4.78, 5) is 26.5. The molecule has 4 heterocycles. The Morgan fingerprint density at radius 3 is 2.58 bits per heavy atom. The lowest BCUT2D eigenvalue weighted by Crippen LogP contribution is -2.36. The molecule has 1 aliphatic heterocycles. The number of ether oxygens (including phenoxy) is 2. The van der Waals surface area contributed by atoms with Crippen LogP contribution >= 0.6 is 0 Å². The zero-order valence-electron chi connectivity index (χ0n) is 23.8. The van der Waals surface area contributed by atoms with Crippen LogP contribution in [-0.4, -0.2) is 53.1 Å². The van der Waals surface area contributed by atoms with Gasteiger partial charge in [0.25, 0.3) is 0 Å². The van der Waals surface area contributed by atoms with Crippen molar-refractivity contribution < 1.29 is 22.7 Å². The van der Waals surface area contributed by atoms with Gasteiger partial charge in [0.1, 0.15) is 27.6 Å². The first-order valence-electron chi connectivity index (χ1n) is 13.7. The number of anilines is 2. The van der Waals surface area contributed by atoms with E-state index < -0.39 is 20.6 Å². The molecule has 1 unspecified atom stereocenters. The average molecular weight is 568 g/mol. The van der Waals surface area contributed by atoms with Crippen molar-refractivity contribution in [1.82, 2.24) is 15.0 Å². The lowest BCUT2D eigenvalue weighted by atomic mass is 9.88. The number of carbonyl (C=O) groups excluding carboxylic acids is 1. The molecular formula is C29H37N5O5S. The van der Waals surface area contributed by atoms with Crippen LogP contribution in [0.1, 0.15) is 81.9 Å². The van der Waals surface area contributed by atoms with E-state index >= 15 is 0 Å². The number of nitrogens with one attached hydrogen (secondary N) is 1. The normalized spacial score (nSPS) is 20.8. The predicted molar refractivity (Wildman–Crippen MR) is 154 cm³/mol. The third kappa shape index (κ3) is 5.12. The van der Waals surface area contributed by atoms with Crippen LogP contribution in [0.3, 0.4) is 0 Å². The van der Waals surface area contributed by atoms with Gasteiger partial charge in [-0.25, -0.2) is 28.2 Å². The SMILES string of the molecule is CCC(C)(N)c1cnc(O[C@H](C)C[C@@H](C)S(C)(=O)=O)c2cnc(Nc3ccc4c(n3)C3(CC3)[C@@H](C)OC4=O)cc12. The summed E-state index contributed by atoms with van der Waals surface area (Å²) in [5.74, 6) is 1.17. The summed E-state index contributed by atoms with van der Waals surface area (Å²) >= 11 is 0. The third-order valence-corrected chi connectivity index (χ3v) is 10.1. The average Bonchev–Trinajstić information content (AvgIpc) is 3.69. The highest BCUT2D eigenvalue weighted by atomic mass is 32.2. The van der Waals surface area contributed by atoms with Crippen molar-refractivity contribution >= 4 is 38.2 Å². The summed E-state index contributed by atoms with van der Waals surface area (Å²) in [6, 6.07) is 5.41. The number of cyclic esters (lactones) is 1. The van der Waals surface area contributed by atoms with E-state index in [0.717, 1.165) is 29.5 Å². The summed E-state index contributed by atoms with van der Waals surface area (Å²) in [5, 5.41) is 4.26. The summed E-state index contributed by atoms with van der Waals surface area (Å²) in [5.41, 5.74) is 7.93. The maximum Gasteiger partial charge on any atom is 0.340 e. The van der Waals surface area contributed by atoms with Crippen molar-refractivity contribution in [2.24, 2.45) is 5.73 Å². The maximum atomic E-state index is 12.4. The van der Waals surface area contributed by atoms with Gasteiger partial charge in [-0.2, -0.15) is 0 Å². The number of aromatic nitrogens is 3. The highest BCUT2D eigenvalue weighted by molar-refractivity contribution is 7.91. The van der Waals surface area contributed by atoms with Gasteiger partial charge in [-0.15, -0.1) is 0 Å². The smallest absolute Gasteiger partial charge is 0.340 e. The number of hydrogen-bond donors (Lipinski definition) is 2. The number of carbonyl (C=O) groups is 1. The van der Waals surface area contributed by atoms with E-state index in [1.165, 1.54) is 6.26 Å². The quantitative estimate of drug-likeness (QED) is 0.353. The summed E-state index contributed by atoms with van der Waals surface area (Å²) in [6.45, 7) is 9.40. The first kappa shape index (κ1) is 28.2. The second-order valence-corrected chi connectivity index (χ2v) is 14.1. The van der Waals surface area contributed by atoms with Gasteiger partial charge in [0, 0.05) is 30.6 Å². The highest BCUT2D eigenvalue weighted by Gasteiger charge is 2.56. The van der Waals surface area contributed by atoms with Crippen LogP contribution in [0, 0.1) is 0 Å². The van der Waals surface area contributed by atoms with Crippen molar-refractivity contribution in [2.45, 2.75) is 88.7 Å². The van der Waals surface area contributed by atoms with E-state index in [1.807, 2.05) is 33.8 Å². The summed E-state index contributed by atoms with van der Waals surface area (Å²) in [7, 11) is -3.18. The first-order valence-corrected chi connectivity index (χ1v) is 15.6. The molecule has 0 bridgehead atoms. The molecule has 3 aromatic heterocycles. The van der Waals surface area contributed by atoms with E-state index in [9.17, 15) is 13.2 Å². The lowest BCUT2D eigenvalue weighted by Gasteiger charge is -2.30. The fourth-order valence-electron chi connectivity index (χ4n) is 5.31. The van der Waals surface area contributed by atoms with E-state index in [0.29, 0.717) is 41.3 Å². The maximum absolute atomic E-state index is 12.4. The Morgan fingerprint density at radius 2 is 1.93 bits per heavy atom. The monoisotopic (exact) mass is 567 g/mol.